The summed E-state index contributed by atoms with van der Waals surface area (Å²) in [6.07, 6.45) is 5.14. The Labute approximate surface area is 122 Å². The lowest BCUT2D eigenvalue weighted by Gasteiger charge is -2.22. The maximum Gasteiger partial charge on any atom is 0.244 e. The minimum absolute atomic E-state index is 0.149. The number of nitrogens with zero attached hydrogens (tertiary/aromatic N) is 1. The molecule has 3 N–H and O–H groups in total. The van der Waals surface area contributed by atoms with Gasteiger partial charge in [-0.25, -0.2) is 0 Å². The number of amides is 1. The fourth-order valence-electron chi connectivity index (χ4n) is 2.73. The Morgan fingerprint density at radius 2 is 2.10 bits per heavy atom. The number of pyridine rings is 1. The monoisotopic (exact) mass is 289 g/mol. The lowest BCUT2D eigenvalue weighted by Crippen LogP contribution is -2.48. The van der Waals surface area contributed by atoms with Crippen molar-refractivity contribution in [2.45, 2.75) is 31.2 Å². The summed E-state index contributed by atoms with van der Waals surface area (Å²) in [6, 6.07) is 7.30. The predicted octanol–water partition coefficient (Wildman–Crippen LogP) is 3.10. The highest BCUT2D eigenvalue weighted by atomic mass is 35.5. The molecule has 1 aromatic carbocycles. The van der Waals surface area contributed by atoms with E-state index in [1.165, 1.54) is 0 Å². The Hall–Kier alpha value is -1.65. The number of rotatable bonds is 2. The first-order valence-electron chi connectivity index (χ1n) is 6.73. The Balaban J connectivity index is 1.96. The number of aromatic nitrogens is 1. The second-order valence-corrected chi connectivity index (χ2v) is 5.78. The average molecular weight is 290 g/mol. The van der Waals surface area contributed by atoms with E-state index in [0.29, 0.717) is 10.7 Å². The van der Waals surface area contributed by atoms with E-state index >= 15 is 0 Å². The molecule has 0 radical (unpaired) electrons. The largest absolute Gasteiger partial charge is 0.323 e. The molecule has 20 heavy (non-hydrogen) atoms. The molecular weight excluding hydrogens is 274 g/mol. The molecular formula is C15H16ClN3O. The lowest BCUT2D eigenvalue weighted by atomic mass is 9.98. The zero-order valence-electron chi connectivity index (χ0n) is 11.0. The van der Waals surface area contributed by atoms with Gasteiger partial charge in [0.2, 0.25) is 5.91 Å². The van der Waals surface area contributed by atoms with Crippen LogP contribution < -0.4 is 11.1 Å². The highest BCUT2D eigenvalue weighted by Gasteiger charge is 2.37. The van der Waals surface area contributed by atoms with Gasteiger partial charge >= 0.3 is 0 Å². The van der Waals surface area contributed by atoms with Crippen LogP contribution in [0.3, 0.4) is 0 Å². The predicted molar refractivity (Wildman–Crippen MR) is 80.8 cm³/mol. The van der Waals surface area contributed by atoms with Crippen LogP contribution in [0, 0.1) is 0 Å². The first-order chi connectivity index (χ1) is 9.58. The molecule has 0 aliphatic heterocycles. The molecule has 0 unspecified atom stereocenters. The van der Waals surface area contributed by atoms with Crippen LogP contribution in [0.15, 0.2) is 30.5 Å². The van der Waals surface area contributed by atoms with E-state index in [9.17, 15) is 4.79 Å². The second-order valence-electron chi connectivity index (χ2n) is 5.35. The van der Waals surface area contributed by atoms with Crippen molar-refractivity contribution < 1.29 is 4.79 Å². The van der Waals surface area contributed by atoms with E-state index in [1.807, 2.05) is 18.2 Å². The van der Waals surface area contributed by atoms with Crippen LogP contribution in [0.25, 0.3) is 10.9 Å². The minimum Gasteiger partial charge on any atom is -0.323 e. The van der Waals surface area contributed by atoms with Crippen LogP contribution in [0.1, 0.15) is 25.7 Å². The van der Waals surface area contributed by atoms with Gasteiger partial charge in [0.15, 0.2) is 0 Å². The first kappa shape index (κ1) is 13.3. The molecule has 1 aliphatic carbocycles. The summed E-state index contributed by atoms with van der Waals surface area (Å²) in [5, 5.41) is 4.36. The first-order valence-corrected chi connectivity index (χ1v) is 7.11. The quantitative estimate of drug-likeness (QED) is 0.892. The van der Waals surface area contributed by atoms with Crippen molar-refractivity contribution in [3.05, 3.63) is 35.5 Å². The summed E-state index contributed by atoms with van der Waals surface area (Å²) in [4.78, 5) is 16.7. The van der Waals surface area contributed by atoms with Crippen LogP contribution in [0.5, 0.6) is 0 Å². The standard InChI is InChI=1S/C15H16ClN3O/c16-11-8-10-4-3-7-18-13(10)12(9-11)19-14(20)15(17)5-1-2-6-15/h3-4,7-9H,1-2,5-6,17H2,(H,19,20). The van der Waals surface area contributed by atoms with Crippen LogP contribution >= 0.6 is 11.6 Å². The van der Waals surface area contributed by atoms with E-state index in [2.05, 4.69) is 10.3 Å². The number of hydrogen-bond acceptors (Lipinski definition) is 3. The van der Waals surface area contributed by atoms with Crippen LogP contribution in [0.2, 0.25) is 5.02 Å². The Morgan fingerprint density at radius 1 is 1.35 bits per heavy atom. The number of carbonyl (C=O) groups is 1. The van der Waals surface area contributed by atoms with Crippen LogP contribution in [-0.2, 0) is 4.79 Å². The molecule has 1 aromatic heterocycles. The maximum atomic E-state index is 12.4. The molecule has 0 spiro atoms. The average Bonchev–Trinajstić information content (AvgIpc) is 2.87. The van der Waals surface area contributed by atoms with Gasteiger partial charge in [-0.3, -0.25) is 9.78 Å². The van der Waals surface area contributed by atoms with Gasteiger partial charge in [-0.2, -0.15) is 0 Å². The molecule has 4 nitrogen and oxygen atoms in total. The Morgan fingerprint density at radius 3 is 2.85 bits per heavy atom. The van der Waals surface area contributed by atoms with Gasteiger partial charge in [0.05, 0.1) is 16.7 Å². The number of anilines is 1. The smallest absolute Gasteiger partial charge is 0.244 e. The number of carbonyl (C=O) groups excluding carboxylic acids is 1. The number of halogens is 1. The number of benzene rings is 1. The van der Waals surface area contributed by atoms with Crippen molar-refractivity contribution in [1.82, 2.24) is 4.98 Å². The zero-order chi connectivity index (χ0) is 14.2. The van der Waals surface area contributed by atoms with Gasteiger partial charge < -0.3 is 11.1 Å². The lowest BCUT2D eigenvalue weighted by molar-refractivity contribution is -0.120. The fraction of sp³-hybridized carbons (Fsp3) is 0.333. The van der Waals surface area contributed by atoms with Crippen molar-refractivity contribution >= 4 is 34.1 Å². The normalized spacial score (nSPS) is 17.3. The summed E-state index contributed by atoms with van der Waals surface area (Å²) in [5.74, 6) is -0.149. The third-order valence-corrected chi connectivity index (χ3v) is 4.08. The van der Waals surface area contributed by atoms with Gasteiger partial charge in [0, 0.05) is 16.6 Å². The van der Waals surface area contributed by atoms with E-state index in [1.54, 1.807) is 12.3 Å². The molecule has 1 saturated carbocycles. The maximum absolute atomic E-state index is 12.4. The van der Waals surface area contributed by atoms with E-state index in [4.69, 9.17) is 17.3 Å². The fourth-order valence-corrected chi connectivity index (χ4v) is 2.96. The topological polar surface area (TPSA) is 68.0 Å². The van der Waals surface area contributed by atoms with Gasteiger partial charge in [-0.1, -0.05) is 30.5 Å². The van der Waals surface area contributed by atoms with Crippen molar-refractivity contribution in [3.63, 3.8) is 0 Å². The highest BCUT2D eigenvalue weighted by molar-refractivity contribution is 6.32. The second kappa shape index (κ2) is 5.04. The molecule has 3 rings (SSSR count). The molecule has 0 saturated heterocycles. The zero-order valence-corrected chi connectivity index (χ0v) is 11.8. The van der Waals surface area contributed by atoms with Crippen molar-refractivity contribution in [3.8, 4) is 0 Å². The van der Waals surface area contributed by atoms with Crippen molar-refractivity contribution in [1.29, 1.82) is 0 Å². The minimum atomic E-state index is -0.760. The molecule has 0 bridgehead atoms. The van der Waals surface area contributed by atoms with Crippen molar-refractivity contribution in [2.24, 2.45) is 5.73 Å². The molecule has 5 heteroatoms. The number of hydrogen-bond donors (Lipinski definition) is 2. The van der Waals surface area contributed by atoms with Crippen LogP contribution in [0.4, 0.5) is 5.69 Å². The van der Waals surface area contributed by atoms with E-state index in [0.717, 1.165) is 36.6 Å². The molecule has 0 atom stereocenters. The summed E-state index contributed by atoms with van der Waals surface area (Å²) >= 11 is 6.09. The highest BCUT2D eigenvalue weighted by Crippen LogP contribution is 2.31. The summed E-state index contributed by atoms with van der Waals surface area (Å²) in [5.41, 5.74) is 6.76. The van der Waals surface area contributed by atoms with Gasteiger partial charge in [-0.15, -0.1) is 0 Å². The molecule has 2 aromatic rings. The van der Waals surface area contributed by atoms with Gasteiger partial charge in [-0.05, 0) is 31.0 Å². The number of nitrogens with one attached hydrogen (secondary N) is 1. The third kappa shape index (κ3) is 2.37. The molecule has 104 valence electrons. The molecule has 1 fully saturated rings. The SMILES string of the molecule is NC1(C(=O)Nc2cc(Cl)cc3cccnc23)CCCC1. The summed E-state index contributed by atoms with van der Waals surface area (Å²) in [6.45, 7) is 0. The summed E-state index contributed by atoms with van der Waals surface area (Å²) in [7, 11) is 0. The van der Waals surface area contributed by atoms with E-state index < -0.39 is 5.54 Å². The van der Waals surface area contributed by atoms with Crippen LogP contribution in [-0.4, -0.2) is 16.4 Å². The summed E-state index contributed by atoms with van der Waals surface area (Å²) < 4.78 is 0. The van der Waals surface area contributed by atoms with Gasteiger partial charge in [0.1, 0.15) is 0 Å². The third-order valence-electron chi connectivity index (χ3n) is 3.87. The Bertz CT molecular complexity index is 665. The van der Waals surface area contributed by atoms with E-state index in [-0.39, 0.29) is 5.91 Å². The Kier molecular flexibility index (Phi) is 3.36. The molecule has 1 aliphatic rings. The van der Waals surface area contributed by atoms with Gasteiger partial charge in [0.25, 0.3) is 0 Å². The van der Waals surface area contributed by atoms with Crippen molar-refractivity contribution in [2.75, 3.05) is 5.32 Å². The number of nitrogens with two attached hydrogens (primary N) is 1. The number of fused-ring (bicyclic) bond motifs is 1. The molecule has 1 heterocycles. The molecule has 1 amide bonds.